The highest BCUT2D eigenvalue weighted by Crippen LogP contribution is 2.09. The summed E-state index contributed by atoms with van der Waals surface area (Å²) >= 11 is 0. The molecule has 0 saturated heterocycles. The topological polar surface area (TPSA) is 0 Å². The summed E-state index contributed by atoms with van der Waals surface area (Å²) in [6.07, 6.45) is 6.83. The summed E-state index contributed by atoms with van der Waals surface area (Å²) in [5, 5.41) is 0. The average molecular weight is 138 g/mol. The number of hydrogen-bond donors (Lipinski definition) is 0. The molecule has 0 atom stereocenters. The molecule has 0 unspecified atom stereocenters. The van der Waals surface area contributed by atoms with Crippen molar-refractivity contribution in [2.45, 2.75) is 33.6 Å². The van der Waals surface area contributed by atoms with Crippen LogP contribution in [0.3, 0.4) is 0 Å². The van der Waals surface area contributed by atoms with Crippen molar-refractivity contribution in [3.63, 3.8) is 0 Å². The SMILES string of the molecule is C=C(C)/C=C/C(CC)CC. The molecule has 0 radical (unpaired) electrons. The Kier molecular flexibility index (Phi) is 5.00. The minimum atomic E-state index is 0.747. The van der Waals surface area contributed by atoms with Crippen molar-refractivity contribution in [2.24, 2.45) is 5.92 Å². The molecule has 0 amide bonds. The van der Waals surface area contributed by atoms with Crippen LogP contribution in [0.2, 0.25) is 0 Å². The Balaban J connectivity index is 3.72. The fraction of sp³-hybridized carbons (Fsp3) is 0.600. The van der Waals surface area contributed by atoms with Gasteiger partial charge in [-0.3, -0.25) is 0 Å². The van der Waals surface area contributed by atoms with Gasteiger partial charge in [0.25, 0.3) is 0 Å². The van der Waals surface area contributed by atoms with Crippen molar-refractivity contribution in [3.05, 3.63) is 24.3 Å². The first-order chi connectivity index (χ1) is 4.70. The van der Waals surface area contributed by atoms with Crippen molar-refractivity contribution < 1.29 is 0 Å². The zero-order valence-corrected chi connectivity index (χ0v) is 7.35. The van der Waals surface area contributed by atoms with Crippen LogP contribution in [0.15, 0.2) is 24.3 Å². The van der Waals surface area contributed by atoms with Gasteiger partial charge in [0.1, 0.15) is 0 Å². The highest BCUT2D eigenvalue weighted by Gasteiger charge is 1.94. The molecule has 10 heavy (non-hydrogen) atoms. The Hall–Kier alpha value is -0.520. The Morgan fingerprint density at radius 2 is 1.90 bits per heavy atom. The second-order valence-electron chi connectivity index (χ2n) is 2.78. The van der Waals surface area contributed by atoms with Crippen LogP contribution >= 0.6 is 0 Å². The predicted molar refractivity (Wildman–Crippen MR) is 48.0 cm³/mol. The first kappa shape index (κ1) is 9.48. The molecule has 0 nitrogen and oxygen atoms in total. The lowest BCUT2D eigenvalue weighted by atomic mass is 10.0. The van der Waals surface area contributed by atoms with Crippen LogP contribution in [-0.2, 0) is 0 Å². The van der Waals surface area contributed by atoms with E-state index in [9.17, 15) is 0 Å². The Morgan fingerprint density at radius 1 is 1.40 bits per heavy atom. The van der Waals surface area contributed by atoms with Crippen LogP contribution in [0, 0.1) is 5.92 Å². The van der Waals surface area contributed by atoms with Gasteiger partial charge in [0.15, 0.2) is 0 Å². The van der Waals surface area contributed by atoms with Gasteiger partial charge >= 0.3 is 0 Å². The standard InChI is InChI=1S/C10H18/c1-5-10(6-2)8-7-9(3)4/h7-8,10H,3,5-6H2,1-2,4H3/b8-7+. The quantitative estimate of drug-likeness (QED) is 0.521. The van der Waals surface area contributed by atoms with Crippen LogP contribution < -0.4 is 0 Å². The van der Waals surface area contributed by atoms with Crippen LogP contribution in [0.5, 0.6) is 0 Å². The van der Waals surface area contributed by atoms with Crippen LogP contribution in [0.25, 0.3) is 0 Å². The summed E-state index contributed by atoms with van der Waals surface area (Å²) in [6, 6.07) is 0. The minimum Gasteiger partial charge on any atom is -0.0961 e. The van der Waals surface area contributed by atoms with Gasteiger partial charge in [0, 0.05) is 0 Å². The van der Waals surface area contributed by atoms with Crippen LogP contribution in [0.4, 0.5) is 0 Å². The van der Waals surface area contributed by atoms with E-state index in [2.05, 4.69) is 32.6 Å². The third-order valence-electron chi connectivity index (χ3n) is 1.70. The molecule has 0 aromatic heterocycles. The molecule has 0 fully saturated rings. The molecule has 0 heterocycles. The molecule has 0 rings (SSSR count). The van der Waals surface area contributed by atoms with Gasteiger partial charge in [-0.1, -0.05) is 38.2 Å². The number of hydrogen-bond acceptors (Lipinski definition) is 0. The molecule has 0 heteroatoms. The summed E-state index contributed by atoms with van der Waals surface area (Å²) in [7, 11) is 0. The van der Waals surface area contributed by atoms with Crippen molar-refractivity contribution >= 4 is 0 Å². The average Bonchev–Trinajstić information content (AvgIpc) is 1.90. The fourth-order valence-electron chi connectivity index (χ4n) is 0.861. The first-order valence-corrected chi connectivity index (χ1v) is 4.04. The summed E-state index contributed by atoms with van der Waals surface area (Å²) in [5.74, 6) is 0.747. The van der Waals surface area contributed by atoms with Gasteiger partial charge < -0.3 is 0 Å². The summed E-state index contributed by atoms with van der Waals surface area (Å²) in [5.41, 5.74) is 1.15. The Bertz CT molecular complexity index is 116. The Labute approximate surface area is 64.6 Å². The fourth-order valence-corrected chi connectivity index (χ4v) is 0.861. The summed E-state index contributed by atoms with van der Waals surface area (Å²) < 4.78 is 0. The molecule has 0 aromatic rings. The third-order valence-corrected chi connectivity index (χ3v) is 1.70. The van der Waals surface area contributed by atoms with E-state index in [1.54, 1.807) is 0 Å². The third kappa shape index (κ3) is 4.37. The van der Waals surface area contributed by atoms with Gasteiger partial charge in [-0.2, -0.15) is 0 Å². The van der Waals surface area contributed by atoms with E-state index < -0.39 is 0 Å². The van der Waals surface area contributed by atoms with Gasteiger partial charge in [0.2, 0.25) is 0 Å². The molecule has 0 bridgehead atoms. The van der Waals surface area contributed by atoms with Crippen molar-refractivity contribution in [1.29, 1.82) is 0 Å². The predicted octanol–water partition coefficient (Wildman–Crippen LogP) is 3.55. The molecular formula is C10H18. The lowest BCUT2D eigenvalue weighted by Crippen LogP contribution is -1.89. The van der Waals surface area contributed by atoms with E-state index >= 15 is 0 Å². The summed E-state index contributed by atoms with van der Waals surface area (Å²) in [4.78, 5) is 0. The van der Waals surface area contributed by atoms with Gasteiger partial charge in [-0.25, -0.2) is 0 Å². The van der Waals surface area contributed by atoms with Crippen LogP contribution in [0.1, 0.15) is 33.6 Å². The van der Waals surface area contributed by atoms with E-state index in [4.69, 9.17) is 0 Å². The van der Waals surface area contributed by atoms with Crippen molar-refractivity contribution in [1.82, 2.24) is 0 Å². The normalized spacial score (nSPS) is 11.2. The lowest BCUT2D eigenvalue weighted by molar-refractivity contribution is 0.606. The number of allylic oxidation sites excluding steroid dienone is 3. The first-order valence-electron chi connectivity index (χ1n) is 4.04. The maximum Gasteiger partial charge on any atom is -0.0236 e. The minimum absolute atomic E-state index is 0.747. The van der Waals surface area contributed by atoms with E-state index in [1.807, 2.05) is 6.92 Å². The van der Waals surface area contributed by atoms with Gasteiger partial charge in [-0.05, 0) is 25.7 Å². The largest absolute Gasteiger partial charge is 0.0961 e. The zero-order valence-electron chi connectivity index (χ0n) is 7.35. The van der Waals surface area contributed by atoms with Gasteiger partial charge in [0.05, 0.1) is 0 Å². The van der Waals surface area contributed by atoms with Gasteiger partial charge in [-0.15, -0.1) is 0 Å². The molecule has 0 aliphatic carbocycles. The maximum absolute atomic E-state index is 3.81. The van der Waals surface area contributed by atoms with E-state index in [-0.39, 0.29) is 0 Å². The molecule has 0 spiro atoms. The zero-order chi connectivity index (χ0) is 7.98. The summed E-state index contributed by atoms with van der Waals surface area (Å²) in [6.45, 7) is 10.3. The molecule has 0 aliphatic heterocycles. The maximum atomic E-state index is 3.81. The molecule has 0 aromatic carbocycles. The molecule has 0 N–H and O–H groups in total. The van der Waals surface area contributed by atoms with E-state index in [0.29, 0.717) is 0 Å². The van der Waals surface area contributed by atoms with Crippen molar-refractivity contribution in [2.75, 3.05) is 0 Å². The lowest BCUT2D eigenvalue weighted by Gasteiger charge is -2.03. The van der Waals surface area contributed by atoms with Crippen molar-refractivity contribution in [3.8, 4) is 0 Å². The highest BCUT2D eigenvalue weighted by atomic mass is 14.0. The highest BCUT2D eigenvalue weighted by molar-refractivity contribution is 5.11. The molecule has 58 valence electrons. The second kappa shape index (κ2) is 5.28. The monoisotopic (exact) mass is 138 g/mol. The Morgan fingerprint density at radius 3 is 2.20 bits per heavy atom. The molecular weight excluding hydrogens is 120 g/mol. The van der Waals surface area contributed by atoms with Crippen LogP contribution in [-0.4, -0.2) is 0 Å². The smallest absolute Gasteiger partial charge is 0.0236 e. The molecule has 0 aliphatic rings. The van der Waals surface area contributed by atoms with E-state index in [1.165, 1.54) is 12.8 Å². The molecule has 0 saturated carbocycles. The second-order valence-corrected chi connectivity index (χ2v) is 2.78. The van der Waals surface area contributed by atoms with E-state index in [0.717, 1.165) is 11.5 Å². The number of rotatable bonds is 4.